The number of amides is 1. The largest absolute Gasteiger partial charge is 0.393 e. The van der Waals surface area contributed by atoms with Crippen molar-refractivity contribution in [3.8, 4) is 0 Å². The zero-order chi connectivity index (χ0) is 16.4. The van der Waals surface area contributed by atoms with Crippen LogP contribution in [0.5, 0.6) is 0 Å². The highest BCUT2D eigenvalue weighted by Gasteiger charge is 2.27. The minimum Gasteiger partial charge on any atom is -0.393 e. The molecule has 0 aromatic heterocycles. The molecule has 2 saturated heterocycles. The monoisotopic (exact) mass is 316 g/mol. The first-order valence-electron chi connectivity index (χ1n) is 8.88. The van der Waals surface area contributed by atoms with Crippen LogP contribution in [0.25, 0.3) is 0 Å². The maximum Gasteiger partial charge on any atom is 0.254 e. The third-order valence-electron chi connectivity index (χ3n) is 5.32. The second-order valence-corrected chi connectivity index (χ2v) is 7.25. The Balaban J connectivity index is 1.68. The lowest BCUT2D eigenvalue weighted by Crippen LogP contribution is -2.44. The van der Waals surface area contributed by atoms with E-state index in [9.17, 15) is 9.90 Å². The lowest BCUT2D eigenvalue weighted by molar-refractivity contribution is 0.0574. The van der Waals surface area contributed by atoms with E-state index < -0.39 is 0 Å². The molecule has 2 aliphatic heterocycles. The second kappa shape index (κ2) is 6.91. The molecule has 1 aromatic rings. The molecule has 2 fully saturated rings. The van der Waals surface area contributed by atoms with Gasteiger partial charge in [-0.1, -0.05) is 6.92 Å². The summed E-state index contributed by atoms with van der Waals surface area (Å²) in [5, 5.41) is 9.60. The molecule has 4 heteroatoms. The average Bonchev–Trinajstić information content (AvgIpc) is 2.57. The molecule has 2 heterocycles. The van der Waals surface area contributed by atoms with Gasteiger partial charge in [-0.25, -0.2) is 0 Å². The number of hydrogen-bond donors (Lipinski definition) is 1. The van der Waals surface area contributed by atoms with Crippen molar-refractivity contribution in [3.63, 3.8) is 0 Å². The van der Waals surface area contributed by atoms with Crippen molar-refractivity contribution in [2.45, 2.75) is 51.7 Å². The second-order valence-electron chi connectivity index (χ2n) is 7.25. The van der Waals surface area contributed by atoms with Crippen molar-refractivity contribution in [2.75, 3.05) is 24.5 Å². The van der Waals surface area contributed by atoms with E-state index in [0.717, 1.165) is 50.1 Å². The number of aliphatic hydroxyl groups is 1. The van der Waals surface area contributed by atoms with Crippen molar-refractivity contribution in [1.82, 2.24) is 4.90 Å². The van der Waals surface area contributed by atoms with Crippen LogP contribution in [0.2, 0.25) is 0 Å². The molecule has 0 saturated carbocycles. The van der Waals surface area contributed by atoms with Gasteiger partial charge in [0.1, 0.15) is 0 Å². The quantitative estimate of drug-likeness (QED) is 0.912. The SMILES string of the molecule is CC1CCC(C)N(C(=O)c2ccc(N3CCC(O)CC3)cc2)C1. The van der Waals surface area contributed by atoms with Crippen LogP contribution in [0.15, 0.2) is 24.3 Å². The van der Waals surface area contributed by atoms with Crippen LogP contribution in [-0.2, 0) is 0 Å². The molecular formula is C19H28N2O2. The van der Waals surface area contributed by atoms with Gasteiger partial charge >= 0.3 is 0 Å². The van der Waals surface area contributed by atoms with Gasteiger partial charge < -0.3 is 14.9 Å². The molecule has 0 aliphatic carbocycles. The van der Waals surface area contributed by atoms with E-state index in [4.69, 9.17) is 0 Å². The third kappa shape index (κ3) is 3.69. The number of carbonyl (C=O) groups is 1. The van der Waals surface area contributed by atoms with Gasteiger partial charge in [0.15, 0.2) is 0 Å². The number of benzene rings is 1. The fourth-order valence-corrected chi connectivity index (χ4v) is 3.68. The van der Waals surface area contributed by atoms with Crippen molar-refractivity contribution >= 4 is 11.6 Å². The van der Waals surface area contributed by atoms with E-state index in [-0.39, 0.29) is 12.0 Å². The number of likely N-dealkylation sites (tertiary alicyclic amines) is 1. The van der Waals surface area contributed by atoms with E-state index in [2.05, 4.69) is 18.7 Å². The average molecular weight is 316 g/mol. The molecule has 4 nitrogen and oxygen atoms in total. The van der Waals surface area contributed by atoms with Crippen LogP contribution >= 0.6 is 0 Å². The maximum atomic E-state index is 12.8. The Morgan fingerprint density at radius 3 is 2.35 bits per heavy atom. The van der Waals surface area contributed by atoms with Crippen LogP contribution in [-0.4, -0.2) is 47.7 Å². The predicted molar refractivity (Wildman–Crippen MR) is 92.8 cm³/mol. The fraction of sp³-hybridized carbons (Fsp3) is 0.632. The summed E-state index contributed by atoms with van der Waals surface area (Å²) in [6, 6.07) is 8.33. The van der Waals surface area contributed by atoms with E-state index in [1.165, 1.54) is 6.42 Å². The molecule has 23 heavy (non-hydrogen) atoms. The Morgan fingerprint density at radius 2 is 1.70 bits per heavy atom. The first kappa shape index (κ1) is 16.3. The first-order valence-corrected chi connectivity index (χ1v) is 8.88. The number of anilines is 1. The molecule has 0 bridgehead atoms. The van der Waals surface area contributed by atoms with Gasteiger partial charge in [0.2, 0.25) is 0 Å². The number of rotatable bonds is 2. The Hall–Kier alpha value is -1.55. The molecular weight excluding hydrogens is 288 g/mol. The summed E-state index contributed by atoms with van der Waals surface area (Å²) in [4.78, 5) is 17.1. The van der Waals surface area contributed by atoms with Crippen LogP contribution < -0.4 is 4.90 Å². The third-order valence-corrected chi connectivity index (χ3v) is 5.32. The highest BCUT2D eigenvalue weighted by Crippen LogP contribution is 2.25. The van der Waals surface area contributed by atoms with Crippen LogP contribution in [0, 0.1) is 5.92 Å². The standard InChI is InChI=1S/C19H28N2O2/c1-14-3-4-15(2)21(13-14)19(23)16-5-7-17(8-6-16)20-11-9-18(22)10-12-20/h5-8,14-15,18,22H,3-4,9-13H2,1-2H3. The predicted octanol–water partition coefficient (Wildman–Crippen LogP) is 2.91. The molecule has 2 aliphatic rings. The van der Waals surface area contributed by atoms with Crippen molar-refractivity contribution in [2.24, 2.45) is 5.92 Å². The zero-order valence-electron chi connectivity index (χ0n) is 14.2. The molecule has 0 spiro atoms. The Morgan fingerprint density at radius 1 is 1.04 bits per heavy atom. The molecule has 3 rings (SSSR count). The summed E-state index contributed by atoms with van der Waals surface area (Å²) in [5.41, 5.74) is 1.93. The highest BCUT2D eigenvalue weighted by atomic mass is 16.3. The molecule has 2 unspecified atom stereocenters. The lowest BCUT2D eigenvalue weighted by Gasteiger charge is -2.37. The smallest absolute Gasteiger partial charge is 0.254 e. The van der Waals surface area contributed by atoms with E-state index in [1.54, 1.807) is 0 Å². The lowest BCUT2D eigenvalue weighted by atomic mass is 9.94. The summed E-state index contributed by atoms with van der Waals surface area (Å²) in [6.45, 7) is 7.01. The van der Waals surface area contributed by atoms with Crippen molar-refractivity contribution in [1.29, 1.82) is 0 Å². The van der Waals surface area contributed by atoms with Gasteiger partial charge in [0, 0.05) is 36.9 Å². The summed E-state index contributed by atoms with van der Waals surface area (Å²) in [6.07, 6.45) is 3.80. The van der Waals surface area contributed by atoms with Gasteiger partial charge in [-0.05, 0) is 62.8 Å². The topological polar surface area (TPSA) is 43.8 Å². The van der Waals surface area contributed by atoms with Gasteiger partial charge in [-0.2, -0.15) is 0 Å². The normalized spacial score (nSPS) is 26.4. The Bertz CT molecular complexity index is 535. The summed E-state index contributed by atoms with van der Waals surface area (Å²) < 4.78 is 0. The first-order chi connectivity index (χ1) is 11.0. The van der Waals surface area contributed by atoms with Crippen LogP contribution in [0.4, 0.5) is 5.69 Å². The molecule has 1 amide bonds. The molecule has 126 valence electrons. The number of nitrogens with zero attached hydrogens (tertiary/aromatic N) is 2. The van der Waals surface area contributed by atoms with Gasteiger partial charge in [0.25, 0.3) is 5.91 Å². The van der Waals surface area contributed by atoms with E-state index >= 15 is 0 Å². The molecule has 0 radical (unpaired) electrons. The zero-order valence-corrected chi connectivity index (χ0v) is 14.2. The van der Waals surface area contributed by atoms with Crippen LogP contribution in [0.3, 0.4) is 0 Å². The molecule has 1 aromatic carbocycles. The minimum absolute atomic E-state index is 0.157. The van der Waals surface area contributed by atoms with Crippen molar-refractivity contribution in [3.05, 3.63) is 29.8 Å². The minimum atomic E-state index is -0.158. The summed E-state index contributed by atoms with van der Waals surface area (Å²) >= 11 is 0. The number of piperidine rings is 2. The number of aliphatic hydroxyl groups excluding tert-OH is 1. The Kier molecular flexibility index (Phi) is 4.90. The number of hydrogen-bond acceptors (Lipinski definition) is 3. The maximum absolute atomic E-state index is 12.8. The Labute approximate surface area is 139 Å². The van der Waals surface area contributed by atoms with Crippen LogP contribution in [0.1, 0.15) is 49.9 Å². The van der Waals surface area contributed by atoms with E-state index in [0.29, 0.717) is 12.0 Å². The summed E-state index contributed by atoms with van der Waals surface area (Å²) in [5.74, 6) is 0.749. The summed E-state index contributed by atoms with van der Waals surface area (Å²) in [7, 11) is 0. The number of carbonyl (C=O) groups excluding carboxylic acids is 1. The van der Waals surface area contributed by atoms with Gasteiger partial charge in [-0.3, -0.25) is 4.79 Å². The molecule has 2 atom stereocenters. The van der Waals surface area contributed by atoms with E-state index in [1.807, 2.05) is 29.2 Å². The van der Waals surface area contributed by atoms with Crippen molar-refractivity contribution < 1.29 is 9.90 Å². The van der Waals surface area contributed by atoms with Gasteiger partial charge in [-0.15, -0.1) is 0 Å². The fourth-order valence-electron chi connectivity index (χ4n) is 3.68. The highest BCUT2D eigenvalue weighted by molar-refractivity contribution is 5.94. The van der Waals surface area contributed by atoms with Gasteiger partial charge in [0.05, 0.1) is 6.10 Å². The molecule has 1 N–H and O–H groups in total.